The van der Waals surface area contributed by atoms with Gasteiger partial charge in [0.1, 0.15) is 6.54 Å². The van der Waals surface area contributed by atoms with E-state index in [0.717, 1.165) is 16.0 Å². The van der Waals surface area contributed by atoms with Gasteiger partial charge in [0, 0.05) is 4.90 Å². The molecule has 0 heterocycles. The Kier molecular flexibility index (Phi) is 5.03. The lowest BCUT2D eigenvalue weighted by Crippen LogP contribution is -2.30. The van der Waals surface area contributed by atoms with E-state index in [0.29, 0.717) is 0 Å². The molecule has 0 saturated heterocycles. The zero-order valence-electron chi connectivity index (χ0n) is 9.82. The van der Waals surface area contributed by atoms with Crippen molar-refractivity contribution in [1.82, 2.24) is 5.32 Å². The van der Waals surface area contributed by atoms with E-state index in [4.69, 9.17) is 5.11 Å². The third-order valence-electron chi connectivity index (χ3n) is 2.14. The van der Waals surface area contributed by atoms with Crippen molar-refractivity contribution in [2.75, 3.05) is 12.3 Å². The maximum atomic E-state index is 11.3. The summed E-state index contributed by atoms with van der Waals surface area (Å²) in [7, 11) is 0. The smallest absolute Gasteiger partial charge is 0.322 e. The first-order chi connectivity index (χ1) is 7.99. The van der Waals surface area contributed by atoms with Crippen LogP contribution in [0.4, 0.5) is 0 Å². The van der Waals surface area contributed by atoms with E-state index in [9.17, 15) is 9.59 Å². The maximum Gasteiger partial charge on any atom is 0.322 e. The highest BCUT2D eigenvalue weighted by atomic mass is 32.2. The number of thioether (sulfide) groups is 1. The van der Waals surface area contributed by atoms with Gasteiger partial charge in [0.15, 0.2) is 0 Å². The van der Waals surface area contributed by atoms with Crippen LogP contribution in [0, 0.1) is 13.8 Å². The predicted octanol–water partition coefficient (Wildman–Crippen LogP) is 1.60. The Labute approximate surface area is 104 Å². The van der Waals surface area contributed by atoms with Crippen LogP contribution in [0.25, 0.3) is 0 Å². The molecule has 0 unspecified atom stereocenters. The Hall–Kier alpha value is -1.49. The van der Waals surface area contributed by atoms with Gasteiger partial charge in [-0.3, -0.25) is 9.59 Å². The SMILES string of the molecule is Cc1ccc(C)c(SCC(=O)NCC(=O)O)c1. The third kappa shape index (κ3) is 4.91. The normalized spacial score (nSPS) is 10.0. The summed E-state index contributed by atoms with van der Waals surface area (Å²) >= 11 is 1.42. The molecule has 0 atom stereocenters. The van der Waals surface area contributed by atoms with Gasteiger partial charge in [-0.25, -0.2) is 0 Å². The minimum absolute atomic E-state index is 0.234. The highest BCUT2D eigenvalue weighted by Crippen LogP contribution is 2.23. The van der Waals surface area contributed by atoms with Crippen LogP contribution in [-0.2, 0) is 9.59 Å². The number of rotatable bonds is 5. The van der Waals surface area contributed by atoms with Gasteiger partial charge in [-0.1, -0.05) is 17.7 Å². The monoisotopic (exact) mass is 253 g/mol. The van der Waals surface area contributed by atoms with Gasteiger partial charge >= 0.3 is 5.97 Å². The molecular weight excluding hydrogens is 238 g/mol. The Balaban J connectivity index is 2.47. The largest absolute Gasteiger partial charge is 0.480 e. The lowest BCUT2D eigenvalue weighted by Gasteiger charge is -2.06. The molecular formula is C12H15NO3S. The summed E-state index contributed by atoms with van der Waals surface area (Å²) < 4.78 is 0. The number of hydrogen-bond donors (Lipinski definition) is 2. The molecule has 0 aliphatic carbocycles. The fourth-order valence-electron chi connectivity index (χ4n) is 1.23. The number of carboxylic acids is 1. The first-order valence-electron chi connectivity index (χ1n) is 5.17. The van der Waals surface area contributed by atoms with Crippen LogP contribution >= 0.6 is 11.8 Å². The molecule has 4 nitrogen and oxygen atoms in total. The van der Waals surface area contributed by atoms with Crippen LogP contribution in [0.2, 0.25) is 0 Å². The molecule has 92 valence electrons. The van der Waals surface area contributed by atoms with E-state index < -0.39 is 5.97 Å². The molecule has 0 aromatic heterocycles. The number of aliphatic carboxylic acids is 1. The van der Waals surface area contributed by atoms with Crippen LogP contribution in [0.5, 0.6) is 0 Å². The molecule has 0 aliphatic rings. The van der Waals surface area contributed by atoms with Gasteiger partial charge in [0.05, 0.1) is 5.75 Å². The number of carboxylic acid groups (broad SMARTS) is 1. The molecule has 1 amide bonds. The molecule has 2 N–H and O–H groups in total. The topological polar surface area (TPSA) is 66.4 Å². The van der Waals surface area contributed by atoms with E-state index in [2.05, 4.69) is 5.32 Å². The Bertz CT molecular complexity index is 432. The van der Waals surface area contributed by atoms with Gasteiger partial charge in [0.2, 0.25) is 5.91 Å². The first-order valence-corrected chi connectivity index (χ1v) is 6.16. The van der Waals surface area contributed by atoms with Crippen molar-refractivity contribution in [2.24, 2.45) is 0 Å². The van der Waals surface area contributed by atoms with Gasteiger partial charge in [-0.15, -0.1) is 11.8 Å². The van der Waals surface area contributed by atoms with Crippen LogP contribution in [0.3, 0.4) is 0 Å². The van der Waals surface area contributed by atoms with Crippen molar-refractivity contribution >= 4 is 23.6 Å². The highest BCUT2D eigenvalue weighted by molar-refractivity contribution is 8.00. The van der Waals surface area contributed by atoms with Crippen molar-refractivity contribution in [3.05, 3.63) is 29.3 Å². The second-order valence-corrected chi connectivity index (χ2v) is 4.75. The van der Waals surface area contributed by atoms with E-state index in [-0.39, 0.29) is 18.2 Å². The summed E-state index contributed by atoms with van der Waals surface area (Å²) in [6.45, 7) is 3.65. The minimum Gasteiger partial charge on any atom is -0.480 e. The van der Waals surface area contributed by atoms with Crippen molar-refractivity contribution in [1.29, 1.82) is 0 Å². The van der Waals surface area contributed by atoms with Crippen LogP contribution in [0.15, 0.2) is 23.1 Å². The molecule has 0 radical (unpaired) electrons. The van der Waals surface area contributed by atoms with E-state index in [1.165, 1.54) is 11.8 Å². The van der Waals surface area contributed by atoms with Crippen LogP contribution in [-0.4, -0.2) is 29.3 Å². The summed E-state index contributed by atoms with van der Waals surface area (Å²) in [5, 5.41) is 10.7. The molecule has 0 aliphatic heterocycles. The van der Waals surface area contributed by atoms with E-state index in [1.807, 2.05) is 32.0 Å². The van der Waals surface area contributed by atoms with Crippen molar-refractivity contribution in [3.8, 4) is 0 Å². The molecule has 17 heavy (non-hydrogen) atoms. The maximum absolute atomic E-state index is 11.3. The number of carbonyl (C=O) groups is 2. The molecule has 1 aromatic rings. The molecule has 0 saturated carbocycles. The van der Waals surface area contributed by atoms with E-state index >= 15 is 0 Å². The van der Waals surface area contributed by atoms with Gasteiger partial charge in [-0.2, -0.15) is 0 Å². The Morgan fingerprint density at radius 1 is 1.35 bits per heavy atom. The number of carbonyl (C=O) groups excluding carboxylic acids is 1. The van der Waals surface area contributed by atoms with Gasteiger partial charge < -0.3 is 10.4 Å². The Morgan fingerprint density at radius 2 is 2.06 bits per heavy atom. The second kappa shape index (κ2) is 6.30. The van der Waals surface area contributed by atoms with Crippen molar-refractivity contribution in [3.63, 3.8) is 0 Å². The zero-order chi connectivity index (χ0) is 12.8. The van der Waals surface area contributed by atoms with Crippen LogP contribution < -0.4 is 5.32 Å². The third-order valence-corrected chi connectivity index (χ3v) is 3.30. The summed E-state index contributed by atoms with van der Waals surface area (Å²) in [6, 6.07) is 6.04. The molecule has 5 heteroatoms. The lowest BCUT2D eigenvalue weighted by molar-refractivity contribution is -0.137. The number of amides is 1. The van der Waals surface area contributed by atoms with E-state index in [1.54, 1.807) is 0 Å². The molecule has 1 rings (SSSR count). The summed E-state index contributed by atoms with van der Waals surface area (Å²) in [4.78, 5) is 22.6. The first kappa shape index (κ1) is 13.6. The van der Waals surface area contributed by atoms with Crippen LogP contribution in [0.1, 0.15) is 11.1 Å². The summed E-state index contributed by atoms with van der Waals surface area (Å²) in [5.74, 6) is -1.06. The van der Waals surface area contributed by atoms with Crippen molar-refractivity contribution in [2.45, 2.75) is 18.7 Å². The minimum atomic E-state index is -1.03. The average molecular weight is 253 g/mol. The molecule has 0 spiro atoms. The molecule has 1 aromatic carbocycles. The molecule has 0 fully saturated rings. The van der Waals surface area contributed by atoms with Gasteiger partial charge in [0.25, 0.3) is 0 Å². The molecule has 0 bridgehead atoms. The number of benzene rings is 1. The van der Waals surface area contributed by atoms with Gasteiger partial charge in [-0.05, 0) is 25.5 Å². The summed E-state index contributed by atoms with van der Waals surface area (Å²) in [6.07, 6.45) is 0. The highest BCUT2D eigenvalue weighted by Gasteiger charge is 2.06. The Morgan fingerprint density at radius 3 is 2.71 bits per heavy atom. The standard InChI is InChI=1S/C12H15NO3S/c1-8-3-4-9(2)10(5-8)17-7-11(14)13-6-12(15)16/h3-5H,6-7H2,1-2H3,(H,13,14)(H,15,16). The lowest BCUT2D eigenvalue weighted by atomic mass is 10.2. The average Bonchev–Trinajstić information content (AvgIpc) is 2.27. The predicted molar refractivity (Wildman–Crippen MR) is 67.3 cm³/mol. The fraction of sp³-hybridized carbons (Fsp3) is 0.333. The zero-order valence-corrected chi connectivity index (χ0v) is 10.6. The number of aryl methyl sites for hydroxylation is 2. The number of hydrogen-bond acceptors (Lipinski definition) is 3. The fourth-order valence-corrected chi connectivity index (χ4v) is 2.18. The second-order valence-electron chi connectivity index (χ2n) is 3.73. The summed E-state index contributed by atoms with van der Waals surface area (Å²) in [5.41, 5.74) is 2.26. The quantitative estimate of drug-likeness (QED) is 0.782. The van der Waals surface area contributed by atoms with Crippen molar-refractivity contribution < 1.29 is 14.7 Å². The number of nitrogens with one attached hydrogen (secondary N) is 1.